The number of alkyl halides is 6. The molecule has 0 saturated heterocycles. The van der Waals surface area contributed by atoms with Crippen molar-refractivity contribution in [3.63, 3.8) is 0 Å². The van der Waals surface area contributed by atoms with Crippen molar-refractivity contribution >= 4 is 5.69 Å². The quantitative estimate of drug-likeness (QED) is 0.302. The number of ether oxygens (including phenoxy) is 1. The Hall–Kier alpha value is -3.07. The molecule has 1 N–H and O–H groups in total. The van der Waals surface area contributed by atoms with Gasteiger partial charge >= 0.3 is 12.4 Å². The molecule has 0 saturated carbocycles. The van der Waals surface area contributed by atoms with Gasteiger partial charge in [-0.3, -0.25) is 0 Å². The summed E-state index contributed by atoms with van der Waals surface area (Å²) >= 11 is 0. The highest BCUT2D eigenvalue weighted by molar-refractivity contribution is 5.81. The summed E-state index contributed by atoms with van der Waals surface area (Å²) < 4.78 is 84.8. The first-order valence-electron chi connectivity index (χ1n) is 7.94. The molecule has 11 heteroatoms. The molecule has 0 fully saturated rings. The standard InChI is InChI=1S/C17H12F6N4O/c18-16(19,20)9-4-5-11(13(6-9)17(21,22)23)12-2-1-3-14-15(12)28-10(7-25-14)8-26-27-24/h1-6,10,25H,7-8H2. The second kappa shape index (κ2) is 7.16. The van der Waals surface area contributed by atoms with Crippen LogP contribution in [-0.4, -0.2) is 19.2 Å². The van der Waals surface area contributed by atoms with E-state index < -0.39 is 35.1 Å². The lowest BCUT2D eigenvalue weighted by Gasteiger charge is -2.29. The van der Waals surface area contributed by atoms with E-state index in [4.69, 9.17) is 10.3 Å². The number of hydrogen-bond acceptors (Lipinski definition) is 3. The van der Waals surface area contributed by atoms with Crippen molar-refractivity contribution in [3.05, 3.63) is 58.0 Å². The van der Waals surface area contributed by atoms with Gasteiger partial charge in [0.25, 0.3) is 0 Å². The molecule has 0 bridgehead atoms. The Labute approximate surface area is 154 Å². The molecule has 2 aromatic carbocycles. The minimum atomic E-state index is -5.01. The van der Waals surface area contributed by atoms with Gasteiger partial charge in [-0.15, -0.1) is 0 Å². The van der Waals surface area contributed by atoms with Gasteiger partial charge in [-0.25, -0.2) is 0 Å². The minimum Gasteiger partial charge on any atom is -0.486 e. The summed E-state index contributed by atoms with van der Waals surface area (Å²) in [7, 11) is 0. The highest BCUT2D eigenvalue weighted by Gasteiger charge is 2.39. The number of benzene rings is 2. The summed E-state index contributed by atoms with van der Waals surface area (Å²) in [6.07, 6.45) is -10.5. The minimum absolute atomic E-state index is 0.0170. The van der Waals surface area contributed by atoms with Crippen LogP contribution in [0, 0.1) is 0 Å². The molecule has 0 aliphatic carbocycles. The van der Waals surface area contributed by atoms with Crippen molar-refractivity contribution in [1.82, 2.24) is 0 Å². The number of para-hydroxylation sites is 1. The van der Waals surface area contributed by atoms with Gasteiger partial charge in [0.15, 0.2) is 5.75 Å². The molecule has 1 aliphatic rings. The number of nitrogens with zero attached hydrogens (tertiary/aromatic N) is 3. The number of nitrogens with one attached hydrogen (secondary N) is 1. The number of anilines is 1. The third-order valence-electron chi connectivity index (χ3n) is 4.11. The Kier molecular flexibility index (Phi) is 5.03. The summed E-state index contributed by atoms with van der Waals surface area (Å²) in [6.45, 7) is 0.199. The highest BCUT2D eigenvalue weighted by Crippen LogP contribution is 2.46. The van der Waals surface area contributed by atoms with Crippen molar-refractivity contribution in [2.24, 2.45) is 5.11 Å². The van der Waals surface area contributed by atoms with Crippen LogP contribution in [0.15, 0.2) is 41.5 Å². The van der Waals surface area contributed by atoms with Gasteiger partial charge in [0, 0.05) is 10.5 Å². The fourth-order valence-electron chi connectivity index (χ4n) is 2.87. The van der Waals surface area contributed by atoms with Crippen molar-refractivity contribution in [1.29, 1.82) is 0 Å². The Morgan fingerprint density at radius 3 is 2.46 bits per heavy atom. The highest BCUT2D eigenvalue weighted by atomic mass is 19.4. The summed E-state index contributed by atoms with van der Waals surface area (Å²) in [5.41, 5.74) is 5.53. The van der Waals surface area contributed by atoms with Crippen LogP contribution < -0.4 is 10.1 Å². The van der Waals surface area contributed by atoms with Gasteiger partial charge < -0.3 is 10.1 Å². The van der Waals surface area contributed by atoms with Gasteiger partial charge in [-0.05, 0) is 29.3 Å². The summed E-state index contributed by atoms with van der Waals surface area (Å²) in [5.74, 6) is 0.0529. The smallest absolute Gasteiger partial charge is 0.417 e. The topological polar surface area (TPSA) is 70.0 Å². The van der Waals surface area contributed by atoms with E-state index in [9.17, 15) is 26.3 Å². The molecule has 1 unspecified atom stereocenters. The van der Waals surface area contributed by atoms with E-state index in [0.717, 1.165) is 6.07 Å². The molecule has 2 aromatic rings. The van der Waals surface area contributed by atoms with Crippen LogP contribution in [0.25, 0.3) is 21.6 Å². The molecular formula is C17H12F6N4O. The Balaban J connectivity index is 2.13. The third-order valence-corrected chi connectivity index (χ3v) is 4.11. The number of halogens is 6. The monoisotopic (exact) mass is 402 g/mol. The summed E-state index contributed by atoms with van der Waals surface area (Å²) in [4.78, 5) is 2.61. The lowest BCUT2D eigenvalue weighted by molar-refractivity contribution is -0.142. The molecule has 28 heavy (non-hydrogen) atoms. The molecule has 5 nitrogen and oxygen atoms in total. The SMILES string of the molecule is [N-]=[N+]=NCC1CNc2cccc(-c3ccc(C(F)(F)F)cc3C(F)(F)F)c2O1. The molecule has 0 aromatic heterocycles. The maximum atomic E-state index is 13.5. The molecule has 0 spiro atoms. The molecule has 0 amide bonds. The Bertz CT molecular complexity index is 934. The normalized spacial score (nSPS) is 16.4. The van der Waals surface area contributed by atoms with Crippen LogP contribution in [0.4, 0.5) is 32.0 Å². The predicted octanol–water partition coefficient (Wildman–Crippen LogP) is 5.87. The molecule has 148 valence electrons. The number of hydrogen-bond donors (Lipinski definition) is 1. The molecule has 1 heterocycles. The maximum Gasteiger partial charge on any atom is 0.417 e. The van der Waals surface area contributed by atoms with E-state index in [-0.39, 0.29) is 30.5 Å². The lowest BCUT2D eigenvalue weighted by Crippen LogP contribution is -2.33. The number of rotatable bonds is 3. The Morgan fingerprint density at radius 2 is 1.82 bits per heavy atom. The zero-order valence-electron chi connectivity index (χ0n) is 14.0. The van der Waals surface area contributed by atoms with Crippen LogP contribution in [0.1, 0.15) is 11.1 Å². The Morgan fingerprint density at radius 1 is 1.07 bits per heavy atom. The van der Waals surface area contributed by atoms with Crippen LogP contribution in [0.2, 0.25) is 0 Å². The fraction of sp³-hybridized carbons (Fsp3) is 0.294. The zero-order valence-corrected chi connectivity index (χ0v) is 14.0. The van der Waals surface area contributed by atoms with Gasteiger partial charge in [0.1, 0.15) is 6.10 Å². The average molecular weight is 402 g/mol. The first-order valence-corrected chi connectivity index (χ1v) is 7.94. The summed E-state index contributed by atoms with van der Waals surface area (Å²) in [6, 6.07) is 5.83. The molecular weight excluding hydrogens is 390 g/mol. The van der Waals surface area contributed by atoms with E-state index in [2.05, 4.69) is 15.3 Å². The van der Waals surface area contributed by atoms with E-state index >= 15 is 0 Å². The third kappa shape index (κ3) is 3.94. The van der Waals surface area contributed by atoms with Crippen molar-refractivity contribution in [2.45, 2.75) is 18.5 Å². The second-order valence-electron chi connectivity index (χ2n) is 5.97. The van der Waals surface area contributed by atoms with E-state index in [1.54, 1.807) is 6.07 Å². The predicted molar refractivity (Wildman–Crippen MR) is 88.8 cm³/mol. The van der Waals surface area contributed by atoms with E-state index in [0.29, 0.717) is 11.8 Å². The van der Waals surface area contributed by atoms with Gasteiger partial charge in [0.2, 0.25) is 0 Å². The van der Waals surface area contributed by atoms with Crippen LogP contribution in [0.3, 0.4) is 0 Å². The van der Waals surface area contributed by atoms with Crippen molar-refractivity contribution in [3.8, 4) is 16.9 Å². The van der Waals surface area contributed by atoms with Crippen LogP contribution in [-0.2, 0) is 12.4 Å². The molecule has 0 radical (unpaired) electrons. The second-order valence-corrected chi connectivity index (χ2v) is 5.97. The van der Waals surface area contributed by atoms with Gasteiger partial charge in [-0.1, -0.05) is 23.3 Å². The fourth-order valence-corrected chi connectivity index (χ4v) is 2.87. The van der Waals surface area contributed by atoms with Crippen LogP contribution >= 0.6 is 0 Å². The van der Waals surface area contributed by atoms with Gasteiger partial charge in [-0.2, -0.15) is 26.3 Å². The maximum absolute atomic E-state index is 13.5. The first kappa shape index (κ1) is 19.7. The van der Waals surface area contributed by atoms with Gasteiger partial charge in [0.05, 0.1) is 29.9 Å². The van der Waals surface area contributed by atoms with Crippen molar-refractivity contribution in [2.75, 3.05) is 18.4 Å². The molecule has 1 aliphatic heterocycles. The molecule has 3 rings (SSSR count). The van der Waals surface area contributed by atoms with Crippen molar-refractivity contribution < 1.29 is 31.1 Å². The zero-order chi connectivity index (χ0) is 20.5. The molecule has 1 atom stereocenters. The number of azide groups is 1. The lowest BCUT2D eigenvalue weighted by atomic mass is 9.95. The summed E-state index contributed by atoms with van der Waals surface area (Å²) in [5, 5.41) is 6.33. The average Bonchev–Trinajstić information content (AvgIpc) is 2.64. The van der Waals surface area contributed by atoms with E-state index in [1.807, 2.05) is 0 Å². The van der Waals surface area contributed by atoms with E-state index in [1.165, 1.54) is 12.1 Å². The largest absolute Gasteiger partial charge is 0.486 e. The van der Waals surface area contributed by atoms with Crippen LogP contribution in [0.5, 0.6) is 5.75 Å². The first-order chi connectivity index (χ1) is 13.1. The number of fused-ring (bicyclic) bond motifs is 1.